The Balaban J connectivity index is 1.36. The third-order valence-electron chi connectivity index (χ3n) is 4.84. The van der Waals surface area contributed by atoms with E-state index in [1.165, 1.54) is 5.56 Å². The molecule has 3 aromatic rings. The van der Waals surface area contributed by atoms with E-state index in [9.17, 15) is 4.79 Å². The Morgan fingerprint density at radius 1 is 0.931 bits per heavy atom. The number of ether oxygens (including phenoxy) is 3. The number of carbonyl (C=O) groups excluding carboxylic acids is 1. The Labute approximate surface area is 170 Å². The number of nitrogens with zero attached hydrogens (tertiary/aromatic N) is 1. The number of hydrogen-bond acceptors (Lipinski definition) is 4. The zero-order valence-corrected chi connectivity index (χ0v) is 16.3. The summed E-state index contributed by atoms with van der Waals surface area (Å²) in [6, 6.07) is 23.8. The van der Waals surface area contributed by atoms with Crippen molar-refractivity contribution >= 4 is 5.91 Å². The highest BCUT2D eigenvalue weighted by Crippen LogP contribution is 2.32. The zero-order chi connectivity index (χ0) is 20.1. The molecule has 0 spiro atoms. The van der Waals surface area contributed by atoms with Crippen molar-refractivity contribution in [3.8, 4) is 17.2 Å². The third kappa shape index (κ3) is 4.69. The van der Waals surface area contributed by atoms with Crippen molar-refractivity contribution in [1.29, 1.82) is 0 Å². The van der Waals surface area contributed by atoms with Gasteiger partial charge >= 0.3 is 0 Å². The van der Waals surface area contributed by atoms with Crippen LogP contribution < -0.4 is 14.2 Å². The molecule has 0 aromatic heterocycles. The van der Waals surface area contributed by atoms with E-state index >= 15 is 0 Å². The Hall–Kier alpha value is -3.47. The number of benzene rings is 3. The number of carbonyl (C=O) groups is 1. The predicted octanol–water partition coefficient (Wildman–Crippen LogP) is 4.04. The Morgan fingerprint density at radius 3 is 2.55 bits per heavy atom. The third-order valence-corrected chi connectivity index (χ3v) is 4.84. The van der Waals surface area contributed by atoms with E-state index < -0.39 is 0 Å². The number of fused-ring (bicyclic) bond motifs is 1. The van der Waals surface area contributed by atoms with Gasteiger partial charge in [0.25, 0.3) is 5.91 Å². The van der Waals surface area contributed by atoms with Crippen molar-refractivity contribution in [3.05, 3.63) is 89.5 Å². The molecule has 29 heavy (non-hydrogen) atoms. The van der Waals surface area contributed by atoms with Crippen molar-refractivity contribution in [2.24, 2.45) is 0 Å². The molecular weight excluding hydrogens is 366 g/mol. The van der Waals surface area contributed by atoms with Gasteiger partial charge in [0.2, 0.25) is 6.79 Å². The Bertz CT molecular complexity index is 987. The molecule has 0 unspecified atom stereocenters. The minimum atomic E-state index is -0.0859. The molecule has 0 saturated carbocycles. The fourth-order valence-electron chi connectivity index (χ4n) is 3.26. The summed E-state index contributed by atoms with van der Waals surface area (Å²) in [7, 11) is 1.77. The van der Waals surface area contributed by atoms with Gasteiger partial charge in [0.05, 0.1) is 0 Å². The maximum atomic E-state index is 12.6. The normalized spacial score (nSPS) is 11.9. The van der Waals surface area contributed by atoms with Crippen LogP contribution in [0.4, 0.5) is 0 Å². The first kappa shape index (κ1) is 18.9. The van der Waals surface area contributed by atoms with Gasteiger partial charge in [-0.05, 0) is 34.9 Å². The monoisotopic (exact) mass is 389 g/mol. The molecule has 3 aromatic carbocycles. The standard InChI is InChI=1S/C24H23NO4/c1-25(15-19-11-12-22-23(14-19)29-17-28-22)24(26)16-27-21-10-6-5-9-20(21)13-18-7-3-2-4-8-18/h2-12,14H,13,15-17H2,1H3. The molecule has 0 radical (unpaired) electrons. The minimum Gasteiger partial charge on any atom is -0.483 e. The van der Waals surface area contributed by atoms with Crippen LogP contribution in [0.25, 0.3) is 0 Å². The van der Waals surface area contributed by atoms with Crippen molar-refractivity contribution in [2.75, 3.05) is 20.4 Å². The highest BCUT2D eigenvalue weighted by molar-refractivity contribution is 5.77. The van der Waals surface area contributed by atoms with Crippen molar-refractivity contribution in [2.45, 2.75) is 13.0 Å². The van der Waals surface area contributed by atoms with E-state index in [2.05, 4.69) is 12.1 Å². The second-order valence-corrected chi connectivity index (χ2v) is 7.00. The second kappa shape index (κ2) is 8.69. The highest BCUT2D eigenvalue weighted by Gasteiger charge is 2.16. The summed E-state index contributed by atoms with van der Waals surface area (Å²) >= 11 is 0. The van der Waals surface area contributed by atoms with E-state index in [4.69, 9.17) is 14.2 Å². The number of likely N-dealkylation sites (N-methyl/N-ethyl adjacent to an activating group) is 1. The van der Waals surface area contributed by atoms with E-state index in [0.29, 0.717) is 6.54 Å². The largest absolute Gasteiger partial charge is 0.483 e. The SMILES string of the molecule is CN(Cc1ccc2c(c1)OCO2)C(=O)COc1ccccc1Cc1ccccc1. The molecule has 4 rings (SSSR count). The molecule has 0 aliphatic carbocycles. The lowest BCUT2D eigenvalue weighted by molar-refractivity contribution is -0.132. The minimum absolute atomic E-state index is 0.00709. The first-order valence-electron chi connectivity index (χ1n) is 9.56. The molecule has 0 atom stereocenters. The van der Waals surface area contributed by atoms with Crippen LogP contribution in [0.2, 0.25) is 0 Å². The second-order valence-electron chi connectivity index (χ2n) is 7.00. The molecule has 0 saturated heterocycles. The average Bonchev–Trinajstić information content (AvgIpc) is 3.21. The van der Waals surface area contributed by atoms with E-state index in [-0.39, 0.29) is 19.3 Å². The van der Waals surface area contributed by atoms with Gasteiger partial charge in [0, 0.05) is 20.0 Å². The lowest BCUT2D eigenvalue weighted by atomic mass is 10.0. The van der Waals surface area contributed by atoms with Crippen LogP contribution in [0.15, 0.2) is 72.8 Å². The molecule has 1 amide bonds. The van der Waals surface area contributed by atoms with Crippen LogP contribution in [0, 0.1) is 0 Å². The zero-order valence-electron chi connectivity index (χ0n) is 16.3. The molecule has 5 heteroatoms. The first-order valence-corrected chi connectivity index (χ1v) is 9.56. The Morgan fingerprint density at radius 2 is 1.69 bits per heavy atom. The summed E-state index contributed by atoms with van der Waals surface area (Å²) in [6.45, 7) is 0.709. The van der Waals surface area contributed by atoms with Crippen molar-refractivity contribution in [3.63, 3.8) is 0 Å². The van der Waals surface area contributed by atoms with Gasteiger partial charge in [-0.25, -0.2) is 0 Å². The van der Waals surface area contributed by atoms with E-state index in [1.54, 1.807) is 11.9 Å². The van der Waals surface area contributed by atoms with Gasteiger partial charge in [-0.15, -0.1) is 0 Å². The van der Waals surface area contributed by atoms with Crippen LogP contribution in [0.3, 0.4) is 0 Å². The predicted molar refractivity (Wildman–Crippen MR) is 110 cm³/mol. The molecule has 1 aliphatic rings. The first-order chi connectivity index (χ1) is 14.2. The topological polar surface area (TPSA) is 48.0 Å². The van der Waals surface area contributed by atoms with Crippen molar-refractivity contribution < 1.29 is 19.0 Å². The number of para-hydroxylation sites is 1. The number of hydrogen-bond donors (Lipinski definition) is 0. The van der Waals surface area contributed by atoms with E-state index in [0.717, 1.165) is 34.8 Å². The maximum absolute atomic E-state index is 12.6. The van der Waals surface area contributed by atoms with E-state index in [1.807, 2.05) is 60.7 Å². The molecule has 5 nitrogen and oxygen atoms in total. The van der Waals surface area contributed by atoms with Gasteiger partial charge in [-0.1, -0.05) is 54.6 Å². The Kier molecular flexibility index (Phi) is 5.66. The summed E-state index contributed by atoms with van der Waals surface area (Å²) in [5, 5.41) is 0. The van der Waals surface area contributed by atoms with Gasteiger partial charge in [0.15, 0.2) is 18.1 Å². The summed E-state index contributed by atoms with van der Waals surface area (Å²) in [5.74, 6) is 2.11. The smallest absolute Gasteiger partial charge is 0.260 e. The fourth-order valence-corrected chi connectivity index (χ4v) is 3.26. The van der Waals surface area contributed by atoms with Gasteiger partial charge in [-0.2, -0.15) is 0 Å². The average molecular weight is 389 g/mol. The van der Waals surface area contributed by atoms with Crippen LogP contribution in [-0.4, -0.2) is 31.3 Å². The molecule has 1 aliphatic heterocycles. The van der Waals surface area contributed by atoms with Gasteiger partial charge in [-0.3, -0.25) is 4.79 Å². The van der Waals surface area contributed by atoms with Crippen LogP contribution in [-0.2, 0) is 17.8 Å². The van der Waals surface area contributed by atoms with Crippen LogP contribution >= 0.6 is 0 Å². The molecule has 148 valence electrons. The van der Waals surface area contributed by atoms with Crippen molar-refractivity contribution in [1.82, 2.24) is 4.90 Å². The summed E-state index contributed by atoms with van der Waals surface area (Å²) < 4.78 is 16.6. The van der Waals surface area contributed by atoms with Crippen LogP contribution in [0.5, 0.6) is 17.2 Å². The molecule has 0 fully saturated rings. The summed E-state index contributed by atoms with van der Waals surface area (Å²) in [6.07, 6.45) is 0.762. The van der Waals surface area contributed by atoms with Crippen LogP contribution in [0.1, 0.15) is 16.7 Å². The highest BCUT2D eigenvalue weighted by atomic mass is 16.7. The van der Waals surface area contributed by atoms with Gasteiger partial charge in [0.1, 0.15) is 5.75 Å². The van der Waals surface area contributed by atoms with Gasteiger partial charge < -0.3 is 19.1 Å². The lowest BCUT2D eigenvalue weighted by Crippen LogP contribution is -2.31. The number of amides is 1. The quantitative estimate of drug-likeness (QED) is 0.612. The maximum Gasteiger partial charge on any atom is 0.260 e. The molecular formula is C24H23NO4. The molecule has 1 heterocycles. The molecule has 0 bridgehead atoms. The fraction of sp³-hybridized carbons (Fsp3) is 0.208. The summed E-state index contributed by atoms with van der Waals surface area (Å²) in [4.78, 5) is 14.2. The summed E-state index contributed by atoms with van der Waals surface area (Å²) in [5.41, 5.74) is 3.24. The number of rotatable bonds is 7. The molecule has 0 N–H and O–H groups in total. The lowest BCUT2D eigenvalue weighted by Gasteiger charge is -2.18.